The highest BCUT2D eigenvalue weighted by Gasteiger charge is 2.42. The van der Waals surface area contributed by atoms with Gasteiger partial charge in [0.1, 0.15) is 0 Å². The van der Waals surface area contributed by atoms with E-state index >= 15 is 0 Å². The molecule has 3 N–H and O–H groups in total. The van der Waals surface area contributed by atoms with Gasteiger partial charge in [-0.3, -0.25) is 0 Å². The summed E-state index contributed by atoms with van der Waals surface area (Å²) in [5.74, 6) is 0. The molecule has 0 saturated heterocycles. The Morgan fingerprint density at radius 3 is 2.35 bits per heavy atom. The summed E-state index contributed by atoms with van der Waals surface area (Å²) in [4.78, 5) is 0. The molecule has 1 aromatic carbocycles. The van der Waals surface area contributed by atoms with E-state index < -0.39 is 11.0 Å². The van der Waals surface area contributed by atoms with Crippen molar-refractivity contribution in [2.75, 3.05) is 6.54 Å². The molecule has 1 fully saturated rings. The molecule has 0 spiro atoms. The summed E-state index contributed by atoms with van der Waals surface area (Å²) in [6.07, 6.45) is 3.88. The first-order valence-corrected chi connectivity index (χ1v) is 9.79. The van der Waals surface area contributed by atoms with E-state index in [-0.39, 0.29) is 15.7 Å². The third-order valence-electron chi connectivity index (χ3n) is 5.03. The van der Waals surface area contributed by atoms with Gasteiger partial charge >= 0.3 is 0 Å². The van der Waals surface area contributed by atoms with Crippen molar-refractivity contribution < 1.29 is 4.21 Å². The standard InChI is InChI=1S/C18H29ClN2OS/c1-16(2,3)23(22)21-17(4)8-10-18(13-20,11-9-17)14-6-5-7-15(19)12-14/h5-7,12,21H,8-11,13,20H2,1-4H3. The maximum absolute atomic E-state index is 12.4. The van der Waals surface area contributed by atoms with Crippen molar-refractivity contribution in [3.63, 3.8) is 0 Å². The zero-order chi connectivity index (χ0) is 17.3. The molecule has 0 amide bonds. The van der Waals surface area contributed by atoms with Gasteiger partial charge in [-0.25, -0.2) is 8.93 Å². The minimum Gasteiger partial charge on any atom is -0.330 e. The van der Waals surface area contributed by atoms with Crippen LogP contribution in [0.1, 0.15) is 58.9 Å². The molecule has 130 valence electrons. The number of nitrogens with two attached hydrogens (primary N) is 1. The van der Waals surface area contributed by atoms with Crippen molar-refractivity contribution in [3.05, 3.63) is 34.9 Å². The minimum absolute atomic E-state index is 0.0185. The molecular weight excluding hydrogens is 328 g/mol. The number of nitrogens with one attached hydrogen (secondary N) is 1. The molecule has 0 aliphatic heterocycles. The molecule has 23 heavy (non-hydrogen) atoms. The monoisotopic (exact) mass is 356 g/mol. The summed E-state index contributed by atoms with van der Waals surface area (Å²) >= 11 is 6.16. The highest BCUT2D eigenvalue weighted by Crippen LogP contribution is 2.43. The van der Waals surface area contributed by atoms with Crippen LogP contribution in [0.25, 0.3) is 0 Å². The van der Waals surface area contributed by atoms with Gasteiger partial charge in [-0.1, -0.05) is 23.7 Å². The van der Waals surface area contributed by atoms with Gasteiger partial charge in [0, 0.05) is 22.5 Å². The molecule has 1 aromatic rings. The minimum atomic E-state index is -1.05. The Hall–Kier alpha value is -0.420. The van der Waals surface area contributed by atoms with Crippen LogP contribution in [-0.2, 0) is 16.4 Å². The highest BCUT2D eigenvalue weighted by molar-refractivity contribution is 7.84. The summed E-state index contributed by atoms with van der Waals surface area (Å²) < 4.78 is 15.6. The van der Waals surface area contributed by atoms with Crippen LogP contribution in [0.2, 0.25) is 5.02 Å². The Morgan fingerprint density at radius 1 is 1.26 bits per heavy atom. The normalized spacial score (nSPS) is 30.2. The predicted molar refractivity (Wildman–Crippen MR) is 100 cm³/mol. The highest BCUT2D eigenvalue weighted by atomic mass is 35.5. The fourth-order valence-electron chi connectivity index (χ4n) is 3.19. The van der Waals surface area contributed by atoms with Crippen LogP contribution >= 0.6 is 11.6 Å². The molecule has 0 bridgehead atoms. The van der Waals surface area contributed by atoms with Crippen LogP contribution in [0, 0.1) is 0 Å². The van der Waals surface area contributed by atoms with E-state index in [9.17, 15) is 4.21 Å². The Bertz CT molecular complexity index is 575. The van der Waals surface area contributed by atoms with Crippen LogP contribution in [0.4, 0.5) is 0 Å². The lowest BCUT2D eigenvalue weighted by molar-refractivity contribution is 0.203. The largest absolute Gasteiger partial charge is 0.330 e. The summed E-state index contributed by atoms with van der Waals surface area (Å²) in [5, 5.41) is 0.760. The average molecular weight is 357 g/mol. The molecule has 0 aromatic heterocycles. The fraction of sp³-hybridized carbons (Fsp3) is 0.667. The molecule has 1 unspecified atom stereocenters. The molecule has 1 atom stereocenters. The Morgan fingerprint density at radius 2 is 1.87 bits per heavy atom. The summed E-state index contributed by atoms with van der Waals surface area (Å²) in [5.41, 5.74) is 7.26. The van der Waals surface area contributed by atoms with Crippen molar-refractivity contribution in [2.45, 2.75) is 69.1 Å². The zero-order valence-corrected chi connectivity index (χ0v) is 16.2. The molecule has 3 nitrogen and oxygen atoms in total. The lowest BCUT2D eigenvalue weighted by Gasteiger charge is -2.45. The lowest BCUT2D eigenvalue weighted by atomic mass is 9.65. The molecule has 1 aliphatic rings. The predicted octanol–water partition coefficient (Wildman–Crippen LogP) is 3.92. The second-order valence-electron chi connectivity index (χ2n) is 8.04. The van der Waals surface area contributed by atoms with E-state index in [1.54, 1.807) is 0 Å². The quantitative estimate of drug-likeness (QED) is 0.859. The van der Waals surface area contributed by atoms with Crippen LogP contribution in [0.5, 0.6) is 0 Å². The van der Waals surface area contributed by atoms with E-state index in [4.69, 9.17) is 17.3 Å². The van der Waals surface area contributed by atoms with Crippen LogP contribution < -0.4 is 10.5 Å². The van der Waals surface area contributed by atoms with E-state index in [0.29, 0.717) is 6.54 Å². The summed E-state index contributed by atoms with van der Waals surface area (Å²) in [6, 6.07) is 8.06. The average Bonchev–Trinajstić information content (AvgIpc) is 2.47. The van der Waals surface area contributed by atoms with Crippen molar-refractivity contribution in [1.82, 2.24) is 4.72 Å². The Labute approximate surface area is 148 Å². The zero-order valence-electron chi connectivity index (χ0n) is 14.6. The molecule has 1 aliphatic carbocycles. The molecule has 0 heterocycles. The third kappa shape index (κ3) is 4.36. The third-order valence-corrected chi connectivity index (χ3v) is 7.06. The van der Waals surface area contributed by atoms with E-state index in [1.165, 1.54) is 5.56 Å². The smallest absolute Gasteiger partial charge is 0.0975 e. The number of benzene rings is 1. The first-order valence-electron chi connectivity index (χ1n) is 8.26. The number of hydrogen-bond acceptors (Lipinski definition) is 2. The van der Waals surface area contributed by atoms with Crippen molar-refractivity contribution >= 4 is 22.6 Å². The second kappa shape index (κ2) is 6.83. The van der Waals surface area contributed by atoms with Gasteiger partial charge in [0.2, 0.25) is 0 Å². The number of hydrogen-bond donors (Lipinski definition) is 2. The maximum atomic E-state index is 12.4. The fourth-order valence-corrected chi connectivity index (χ4v) is 4.34. The molecule has 5 heteroatoms. The van der Waals surface area contributed by atoms with Gasteiger partial charge in [0.25, 0.3) is 0 Å². The van der Waals surface area contributed by atoms with Gasteiger partial charge in [0.15, 0.2) is 0 Å². The number of halogens is 1. The van der Waals surface area contributed by atoms with Crippen LogP contribution in [-0.4, -0.2) is 21.0 Å². The van der Waals surface area contributed by atoms with Gasteiger partial charge < -0.3 is 5.73 Å². The number of rotatable bonds is 4. The van der Waals surface area contributed by atoms with Crippen LogP contribution in [0.15, 0.2) is 24.3 Å². The topological polar surface area (TPSA) is 55.1 Å². The van der Waals surface area contributed by atoms with Gasteiger partial charge in [-0.2, -0.15) is 0 Å². The molecule has 2 rings (SSSR count). The molecule has 0 radical (unpaired) electrons. The van der Waals surface area contributed by atoms with E-state index in [0.717, 1.165) is 30.7 Å². The second-order valence-corrected chi connectivity index (χ2v) is 10.4. The summed E-state index contributed by atoms with van der Waals surface area (Å²) in [6.45, 7) is 8.79. The SMILES string of the molecule is CC1(NS(=O)C(C)(C)C)CCC(CN)(c2cccc(Cl)c2)CC1. The van der Waals surface area contributed by atoms with Gasteiger partial charge in [-0.05, 0) is 71.1 Å². The lowest BCUT2D eigenvalue weighted by Crippen LogP contribution is -2.53. The van der Waals surface area contributed by atoms with Gasteiger partial charge in [-0.15, -0.1) is 0 Å². The van der Waals surface area contributed by atoms with Crippen molar-refractivity contribution in [1.29, 1.82) is 0 Å². The summed E-state index contributed by atoms with van der Waals surface area (Å²) in [7, 11) is -1.05. The molecular formula is C18H29ClN2OS. The van der Waals surface area contributed by atoms with Crippen molar-refractivity contribution in [3.8, 4) is 0 Å². The first kappa shape index (κ1) is 18.9. The first-order chi connectivity index (χ1) is 10.6. The van der Waals surface area contributed by atoms with E-state index in [2.05, 4.69) is 17.7 Å². The molecule has 1 saturated carbocycles. The maximum Gasteiger partial charge on any atom is 0.0975 e. The van der Waals surface area contributed by atoms with E-state index in [1.807, 2.05) is 39.0 Å². The van der Waals surface area contributed by atoms with Crippen LogP contribution in [0.3, 0.4) is 0 Å². The van der Waals surface area contributed by atoms with Gasteiger partial charge in [0.05, 0.1) is 15.7 Å². The Kier molecular flexibility index (Phi) is 5.62. The Balaban J connectivity index is 2.13. The van der Waals surface area contributed by atoms with Crippen molar-refractivity contribution in [2.24, 2.45) is 5.73 Å².